The van der Waals surface area contributed by atoms with Gasteiger partial charge in [-0.2, -0.15) is 0 Å². The second-order valence-electron chi connectivity index (χ2n) is 5.04. The van der Waals surface area contributed by atoms with Gasteiger partial charge in [0.25, 0.3) is 0 Å². The molecular weight excluding hydrogens is 260 g/mol. The summed E-state index contributed by atoms with van der Waals surface area (Å²) in [5, 5.41) is 0. The molecule has 0 saturated carbocycles. The molecule has 0 aliphatic heterocycles. The lowest BCUT2D eigenvalue weighted by molar-refractivity contribution is 0.0887. The van der Waals surface area contributed by atoms with Crippen LogP contribution in [0.5, 0.6) is 5.75 Å². The van der Waals surface area contributed by atoms with Gasteiger partial charge in [-0.3, -0.25) is 0 Å². The number of hydrogen-bond acceptors (Lipinski definition) is 2. The van der Waals surface area contributed by atoms with Crippen LogP contribution in [0, 0.1) is 0 Å². The molecule has 1 aromatic carbocycles. The first kappa shape index (κ1) is 15.3. The fourth-order valence-electron chi connectivity index (χ4n) is 2.14. The number of benzene rings is 2. The number of hydrogen-bond donors (Lipinski definition) is 0. The van der Waals surface area contributed by atoms with Crippen LogP contribution in [0.4, 0.5) is 0 Å². The van der Waals surface area contributed by atoms with Gasteiger partial charge in [-0.1, -0.05) is 36.9 Å². The largest absolute Gasteiger partial charge is 0.497 e. The predicted molar refractivity (Wildman–Crippen MR) is 87.6 cm³/mol. The number of ether oxygens (including phenoxy) is 2. The molecule has 0 saturated heterocycles. The van der Waals surface area contributed by atoms with Crippen LogP contribution in [0.15, 0.2) is 60.7 Å². The summed E-state index contributed by atoms with van der Waals surface area (Å²) in [6, 6.07) is 16.4. The fourth-order valence-corrected chi connectivity index (χ4v) is 2.14. The number of fused-ring (bicyclic) bond motifs is 1. The molecule has 110 valence electrons. The lowest BCUT2D eigenvalue weighted by atomic mass is 10.0. The summed E-state index contributed by atoms with van der Waals surface area (Å²) < 4.78 is 10.7. The first-order valence-electron chi connectivity index (χ1n) is 7.17. The minimum atomic E-state index is -0.0130. The Labute approximate surface area is 127 Å². The summed E-state index contributed by atoms with van der Waals surface area (Å²) in [4.78, 5) is 0. The third-order valence-electron chi connectivity index (χ3n) is 3.31. The van der Waals surface area contributed by atoms with E-state index in [1.165, 1.54) is 11.1 Å². The second kappa shape index (κ2) is 7.09. The van der Waals surface area contributed by atoms with Crippen LogP contribution in [0.25, 0.3) is 11.1 Å². The lowest BCUT2D eigenvalue weighted by Crippen LogP contribution is -2.04. The molecule has 0 N–H and O–H groups in total. The van der Waals surface area contributed by atoms with Gasteiger partial charge in [0.15, 0.2) is 0 Å². The van der Waals surface area contributed by atoms with E-state index in [0.717, 1.165) is 16.9 Å². The topological polar surface area (TPSA) is 18.5 Å². The van der Waals surface area contributed by atoms with Crippen molar-refractivity contribution in [2.24, 2.45) is 0 Å². The normalized spacial score (nSPS) is 12.0. The fraction of sp³-hybridized carbons (Fsp3) is 0.263. The molecule has 0 aromatic heterocycles. The molecule has 0 radical (unpaired) electrons. The maximum absolute atomic E-state index is 5.62. The third kappa shape index (κ3) is 4.20. The van der Waals surface area contributed by atoms with Crippen molar-refractivity contribution in [3.05, 3.63) is 66.2 Å². The summed E-state index contributed by atoms with van der Waals surface area (Å²) in [7, 11) is 1.66. The maximum atomic E-state index is 5.62. The lowest BCUT2D eigenvalue weighted by Gasteiger charge is -2.17. The molecule has 0 heterocycles. The number of rotatable bonds is 5. The van der Waals surface area contributed by atoms with Gasteiger partial charge in [0.05, 0.1) is 7.11 Å². The Bertz CT molecular complexity index is 582. The average molecular weight is 282 g/mol. The monoisotopic (exact) mass is 282 g/mol. The molecule has 2 aliphatic carbocycles. The van der Waals surface area contributed by atoms with E-state index in [4.69, 9.17) is 9.47 Å². The highest BCUT2D eigenvalue weighted by Crippen LogP contribution is 2.32. The molecule has 0 amide bonds. The Morgan fingerprint density at radius 1 is 1.10 bits per heavy atom. The van der Waals surface area contributed by atoms with Gasteiger partial charge in [-0.05, 0) is 54.3 Å². The van der Waals surface area contributed by atoms with Crippen molar-refractivity contribution in [3.63, 3.8) is 0 Å². The molecule has 1 atom stereocenters. The Hall–Kier alpha value is -2.06. The summed E-state index contributed by atoms with van der Waals surface area (Å²) in [5.74, 6) is 0.857. The SMILES string of the molecule is C=C(C)C(OCC)c1ccc(OC)cc1.c1cc2cc-2c1. The zero-order valence-corrected chi connectivity index (χ0v) is 12.9. The third-order valence-corrected chi connectivity index (χ3v) is 3.31. The van der Waals surface area contributed by atoms with Crippen molar-refractivity contribution in [1.82, 2.24) is 0 Å². The first-order valence-corrected chi connectivity index (χ1v) is 7.17. The van der Waals surface area contributed by atoms with Crippen LogP contribution in [0.2, 0.25) is 0 Å². The highest BCUT2D eigenvalue weighted by Gasteiger charge is 2.11. The van der Waals surface area contributed by atoms with E-state index >= 15 is 0 Å². The molecule has 2 aliphatic rings. The van der Waals surface area contributed by atoms with Gasteiger partial charge in [0.1, 0.15) is 11.9 Å². The van der Waals surface area contributed by atoms with Crippen LogP contribution < -0.4 is 4.74 Å². The van der Waals surface area contributed by atoms with Crippen molar-refractivity contribution in [2.45, 2.75) is 20.0 Å². The first-order chi connectivity index (χ1) is 10.2. The van der Waals surface area contributed by atoms with Gasteiger partial charge in [-0.25, -0.2) is 0 Å². The van der Waals surface area contributed by atoms with E-state index in [2.05, 4.69) is 30.8 Å². The van der Waals surface area contributed by atoms with Gasteiger partial charge in [-0.15, -0.1) is 0 Å². The standard InChI is InChI=1S/C13H18O2.C6H4/c1-5-15-13(10(2)3)11-6-8-12(14-4)9-7-11;1-2-5-4-6(5)3-1/h6-9,13H,2,5H2,1,3-4H3;1-4H. The zero-order chi connectivity index (χ0) is 15.2. The van der Waals surface area contributed by atoms with E-state index < -0.39 is 0 Å². The van der Waals surface area contributed by atoms with Crippen molar-refractivity contribution in [1.29, 1.82) is 0 Å². The maximum Gasteiger partial charge on any atom is 0.118 e. The highest BCUT2D eigenvalue weighted by atomic mass is 16.5. The van der Waals surface area contributed by atoms with Gasteiger partial charge < -0.3 is 9.47 Å². The molecule has 1 aromatic rings. The van der Waals surface area contributed by atoms with Gasteiger partial charge in [0.2, 0.25) is 0 Å². The smallest absolute Gasteiger partial charge is 0.118 e. The van der Waals surface area contributed by atoms with E-state index in [1.54, 1.807) is 7.11 Å². The summed E-state index contributed by atoms with van der Waals surface area (Å²) in [6.45, 7) is 8.58. The summed E-state index contributed by atoms with van der Waals surface area (Å²) in [6.07, 6.45) is -0.0130. The van der Waals surface area contributed by atoms with Crippen LogP contribution in [-0.2, 0) is 4.74 Å². The molecule has 0 spiro atoms. The van der Waals surface area contributed by atoms with Crippen LogP contribution in [0.3, 0.4) is 0 Å². The minimum Gasteiger partial charge on any atom is -0.497 e. The Kier molecular flexibility index (Phi) is 5.18. The molecule has 0 fully saturated rings. The Morgan fingerprint density at radius 3 is 2.05 bits per heavy atom. The quantitative estimate of drug-likeness (QED) is 0.612. The van der Waals surface area contributed by atoms with Crippen molar-refractivity contribution >= 4 is 0 Å². The van der Waals surface area contributed by atoms with Crippen molar-refractivity contribution in [3.8, 4) is 16.9 Å². The van der Waals surface area contributed by atoms with Crippen LogP contribution >= 0.6 is 0 Å². The van der Waals surface area contributed by atoms with Gasteiger partial charge >= 0.3 is 0 Å². The average Bonchev–Trinajstić information content (AvgIpc) is 3.11. The van der Waals surface area contributed by atoms with E-state index in [-0.39, 0.29) is 6.10 Å². The minimum absolute atomic E-state index is 0.0130. The second-order valence-corrected chi connectivity index (χ2v) is 5.04. The van der Waals surface area contributed by atoms with E-state index in [9.17, 15) is 0 Å². The molecule has 2 nitrogen and oxygen atoms in total. The molecular formula is C19H22O2. The van der Waals surface area contributed by atoms with Gasteiger partial charge in [0, 0.05) is 6.61 Å². The van der Waals surface area contributed by atoms with E-state index in [1.807, 2.05) is 38.1 Å². The zero-order valence-electron chi connectivity index (χ0n) is 12.9. The molecule has 1 unspecified atom stereocenters. The van der Waals surface area contributed by atoms with E-state index in [0.29, 0.717) is 6.61 Å². The predicted octanol–water partition coefficient (Wildman–Crippen LogP) is 5.02. The molecule has 21 heavy (non-hydrogen) atoms. The van der Waals surface area contributed by atoms with Crippen molar-refractivity contribution < 1.29 is 9.47 Å². The van der Waals surface area contributed by atoms with Crippen LogP contribution in [0.1, 0.15) is 25.5 Å². The Balaban J connectivity index is 0.000000218. The summed E-state index contributed by atoms with van der Waals surface area (Å²) >= 11 is 0. The Morgan fingerprint density at radius 2 is 1.71 bits per heavy atom. The molecule has 3 rings (SSSR count). The van der Waals surface area contributed by atoms with Crippen LogP contribution in [-0.4, -0.2) is 13.7 Å². The number of methoxy groups -OCH3 is 1. The highest BCUT2D eigenvalue weighted by molar-refractivity contribution is 5.80. The molecule has 2 heteroatoms. The summed E-state index contributed by atoms with van der Waals surface area (Å²) in [5.41, 5.74) is 4.98. The molecule has 0 bridgehead atoms. The van der Waals surface area contributed by atoms with Crippen molar-refractivity contribution in [2.75, 3.05) is 13.7 Å².